The summed E-state index contributed by atoms with van der Waals surface area (Å²) in [7, 11) is 0. The molecule has 0 spiro atoms. The van der Waals surface area contributed by atoms with E-state index in [0.717, 1.165) is 25.3 Å². The monoisotopic (exact) mass is 263 g/mol. The predicted molar refractivity (Wildman–Crippen MR) is 80.6 cm³/mol. The third kappa shape index (κ3) is 6.13. The lowest BCUT2D eigenvalue weighted by molar-refractivity contribution is 0.336. The predicted octanol–water partition coefficient (Wildman–Crippen LogP) is 2.19. The van der Waals surface area contributed by atoms with Gasteiger partial charge in [-0.25, -0.2) is 0 Å². The lowest BCUT2D eigenvalue weighted by atomic mass is 10.1. The Kier molecular flexibility index (Phi) is 6.79. The van der Waals surface area contributed by atoms with Gasteiger partial charge in [-0.05, 0) is 30.9 Å². The molecular formula is C15H25N3O. The van der Waals surface area contributed by atoms with Gasteiger partial charge in [0.25, 0.3) is 0 Å². The van der Waals surface area contributed by atoms with Gasteiger partial charge in [0, 0.05) is 13.1 Å². The third-order valence-corrected chi connectivity index (χ3v) is 2.60. The summed E-state index contributed by atoms with van der Waals surface area (Å²) in [4.78, 5) is 4.27. The molecule has 0 saturated heterocycles. The van der Waals surface area contributed by atoms with Crippen LogP contribution in [0.15, 0.2) is 29.3 Å². The van der Waals surface area contributed by atoms with Crippen LogP contribution >= 0.6 is 0 Å². The number of nitrogens with one attached hydrogen (secondary N) is 1. The minimum Gasteiger partial charge on any atom is -0.494 e. The van der Waals surface area contributed by atoms with Crippen molar-refractivity contribution >= 4 is 5.96 Å². The standard InChI is InChI=1S/C15H25N3O/c1-4-19-14-8-6-5-7-13(14)9-10-17-15(16)18-11-12(2)3/h5-8,12H,4,9-11H2,1-3H3,(H3,16,17,18). The van der Waals surface area contributed by atoms with Gasteiger partial charge in [-0.2, -0.15) is 0 Å². The molecule has 0 atom stereocenters. The lowest BCUT2D eigenvalue weighted by Crippen LogP contribution is -2.33. The number of nitrogens with two attached hydrogens (primary N) is 1. The van der Waals surface area contributed by atoms with Crippen molar-refractivity contribution in [3.05, 3.63) is 29.8 Å². The van der Waals surface area contributed by atoms with Crippen molar-refractivity contribution in [2.24, 2.45) is 16.6 Å². The summed E-state index contributed by atoms with van der Waals surface area (Å²) in [6, 6.07) is 8.08. The number of para-hydroxylation sites is 1. The van der Waals surface area contributed by atoms with Crippen molar-refractivity contribution in [2.45, 2.75) is 27.2 Å². The number of hydrogen-bond donors (Lipinski definition) is 2. The smallest absolute Gasteiger partial charge is 0.188 e. The van der Waals surface area contributed by atoms with E-state index in [-0.39, 0.29) is 0 Å². The highest BCUT2D eigenvalue weighted by atomic mass is 16.5. The van der Waals surface area contributed by atoms with Crippen LogP contribution in [0.5, 0.6) is 5.75 Å². The van der Waals surface area contributed by atoms with Crippen LogP contribution in [-0.4, -0.2) is 25.7 Å². The maximum absolute atomic E-state index is 5.79. The van der Waals surface area contributed by atoms with Crippen LogP contribution in [-0.2, 0) is 6.42 Å². The van der Waals surface area contributed by atoms with Crippen LogP contribution in [0, 0.1) is 5.92 Å². The highest BCUT2D eigenvalue weighted by Crippen LogP contribution is 2.17. The number of hydrogen-bond acceptors (Lipinski definition) is 2. The Labute approximate surface area is 116 Å². The normalized spacial score (nSPS) is 11.7. The number of ether oxygens (including phenoxy) is 1. The second-order valence-electron chi connectivity index (χ2n) is 4.84. The van der Waals surface area contributed by atoms with Crippen LogP contribution in [0.25, 0.3) is 0 Å². The Morgan fingerprint density at radius 2 is 2.11 bits per heavy atom. The first-order valence-corrected chi connectivity index (χ1v) is 6.88. The van der Waals surface area contributed by atoms with Gasteiger partial charge < -0.3 is 15.8 Å². The Morgan fingerprint density at radius 3 is 2.79 bits per heavy atom. The van der Waals surface area contributed by atoms with Gasteiger partial charge >= 0.3 is 0 Å². The first-order chi connectivity index (χ1) is 9.13. The van der Waals surface area contributed by atoms with E-state index < -0.39 is 0 Å². The zero-order valence-electron chi connectivity index (χ0n) is 12.1. The van der Waals surface area contributed by atoms with E-state index in [2.05, 4.69) is 30.2 Å². The quantitative estimate of drug-likeness (QED) is 0.585. The maximum Gasteiger partial charge on any atom is 0.188 e. The molecule has 1 aromatic carbocycles. The molecule has 106 valence electrons. The molecule has 0 unspecified atom stereocenters. The Balaban J connectivity index is 2.42. The van der Waals surface area contributed by atoms with Gasteiger partial charge in [0.2, 0.25) is 0 Å². The molecule has 19 heavy (non-hydrogen) atoms. The zero-order chi connectivity index (χ0) is 14.1. The molecule has 0 aliphatic carbocycles. The Bertz CT molecular complexity index is 402. The van der Waals surface area contributed by atoms with E-state index in [0.29, 0.717) is 18.5 Å². The molecule has 0 radical (unpaired) electrons. The minimum atomic E-state index is 0.516. The van der Waals surface area contributed by atoms with Crippen molar-refractivity contribution < 1.29 is 4.74 Å². The van der Waals surface area contributed by atoms with E-state index in [1.165, 1.54) is 5.56 Å². The summed E-state index contributed by atoms with van der Waals surface area (Å²) >= 11 is 0. The summed E-state index contributed by atoms with van der Waals surface area (Å²) in [5.74, 6) is 1.99. The molecule has 0 bridgehead atoms. The number of aliphatic imine (C=N–C) groups is 1. The average Bonchev–Trinajstić information content (AvgIpc) is 2.39. The molecule has 3 N–H and O–H groups in total. The number of guanidine groups is 1. The fourth-order valence-corrected chi connectivity index (χ4v) is 1.67. The number of benzene rings is 1. The van der Waals surface area contributed by atoms with Crippen LogP contribution in [0.4, 0.5) is 0 Å². The number of nitrogens with zero attached hydrogens (tertiary/aromatic N) is 1. The first kappa shape index (κ1) is 15.3. The molecule has 1 aromatic rings. The second kappa shape index (κ2) is 8.40. The third-order valence-electron chi connectivity index (χ3n) is 2.60. The van der Waals surface area contributed by atoms with E-state index in [1.807, 2.05) is 25.1 Å². The largest absolute Gasteiger partial charge is 0.494 e. The summed E-state index contributed by atoms with van der Waals surface area (Å²) in [6.45, 7) is 8.43. The van der Waals surface area contributed by atoms with Crippen LogP contribution in [0.3, 0.4) is 0 Å². The minimum absolute atomic E-state index is 0.516. The molecule has 0 aromatic heterocycles. The van der Waals surface area contributed by atoms with E-state index in [4.69, 9.17) is 10.5 Å². The Morgan fingerprint density at radius 1 is 1.37 bits per heavy atom. The highest BCUT2D eigenvalue weighted by molar-refractivity contribution is 5.77. The zero-order valence-corrected chi connectivity index (χ0v) is 12.1. The van der Waals surface area contributed by atoms with Crippen molar-refractivity contribution in [3.63, 3.8) is 0 Å². The molecule has 4 nitrogen and oxygen atoms in total. The van der Waals surface area contributed by atoms with Crippen molar-refractivity contribution in [1.82, 2.24) is 5.32 Å². The summed E-state index contributed by atoms with van der Waals surface area (Å²) in [5, 5.41) is 3.13. The number of rotatable bonds is 7. The summed E-state index contributed by atoms with van der Waals surface area (Å²) < 4.78 is 5.58. The molecule has 0 aliphatic rings. The molecule has 0 saturated carbocycles. The van der Waals surface area contributed by atoms with E-state index in [1.54, 1.807) is 0 Å². The fraction of sp³-hybridized carbons (Fsp3) is 0.533. The van der Waals surface area contributed by atoms with Crippen molar-refractivity contribution in [1.29, 1.82) is 0 Å². The average molecular weight is 263 g/mol. The molecular weight excluding hydrogens is 238 g/mol. The molecule has 0 fully saturated rings. The molecule has 4 heteroatoms. The highest BCUT2D eigenvalue weighted by Gasteiger charge is 2.02. The summed E-state index contributed by atoms with van der Waals surface area (Å²) in [5.41, 5.74) is 6.98. The van der Waals surface area contributed by atoms with E-state index >= 15 is 0 Å². The Hall–Kier alpha value is -1.71. The van der Waals surface area contributed by atoms with E-state index in [9.17, 15) is 0 Å². The molecule has 0 heterocycles. The first-order valence-electron chi connectivity index (χ1n) is 6.88. The van der Waals surface area contributed by atoms with Gasteiger partial charge in [-0.3, -0.25) is 4.99 Å². The van der Waals surface area contributed by atoms with Gasteiger partial charge in [-0.15, -0.1) is 0 Å². The van der Waals surface area contributed by atoms with Crippen molar-refractivity contribution in [2.75, 3.05) is 19.7 Å². The van der Waals surface area contributed by atoms with Gasteiger partial charge in [0.1, 0.15) is 5.75 Å². The molecule has 0 amide bonds. The van der Waals surface area contributed by atoms with Crippen molar-refractivity contribution in [3.8, 4) is 5.75 Å². The van der Waals surface area contributed by atoms with Crippen LogP contribution < -0.4 is 15.8 Å². The second-order valence-corrected chi connectivity index (χ2v) is 4.84. The molecule has 1 rings (SSSR count). The topological polar surface area (TPSA) is 59.6 Å². The fourth-order valence-electron chi connectivity index (χ4n) is 1.67. The summed E-state index contributed by atoms with van der Waals surface area (Å²) in [6.07, 6.45) is 0.869. The SMILES string of the molecule is CCOc1ccccc1CCNC(N)=NCC(C)C. The lowest BCUT2D eigenvalue weighted by Gasteiger charge is -2.11. The van der Waals surface area contributed by atoms with Gasteiger partial charge in [0.05, 0.1) is 6.61 Å². The van der Waals surface area contributed by atoms with Gasteiger partial charge in [0.15, 0.2) is 5.96 Å². The molecule has 0 aliphatic heterocycles. The van der Waals surface area contributed by atoms with Crippen LogP contribution in [0.1, 0.15) is 26.3 Å². The maximum atomic E-state index is 5.79. The van der Waals surface area contributed by atoms with Gasteiger partial charge in [-0.1, -0.05) is 32.0 Å². The van der Waals surface area contributed by atoms with Crippen LogP contribution in [0.2, 0.25) is 0 Å².